The standard InChI is InChI=1S/C22H21N5O3S/c1-13(12-28)24-19(23)18-20(29)26-31-21(18)25-16-7-4-6-15(11-16)22(30)27-10-9-14-5-2-3-8-17(14)27/h2-11,13,25,28H,12H2,1H3,(H2,23,24)(H,26,29). The third kappa shape index (κ3) is 4.14. The van der Waals surface area contributed by atoms with Crippen molar-refractivity contribution in [2.24, 2.45) is 10.7 Å². The van der Waals surface area contributed by atoms with Gasteiger partial charge in [-0.1, -0.05) is 24.3 Å². The number of nitrogens with two attached hydrogens (primary N) is 1. The molecule has 4 aromatic rings. The molecule has 2 heterocycles. The van der Waals surface area contributed by atoms with E-state index >= 15 is 0 Å². The maximum Gasteiger partial charge on any atom is 0.271 e. The van der Waals surface area contributed by atoms with Gasteiger partial charge >= 0.3 is 0 Å². The largest absolute Gasteiger partial charge is 0.394 e. The summed E-state index contributed by atoms with van der Waals surface area (Å²) in [6, 6.07) is 16.2. The molecule has 0 saturated heterocycles. The molecule has 0 amide bonds. The lowest BCUT2D eigenvalue weighted by Crippen LogP contribution is -2.24. The lowest BCUT2D eigenvalue weighted by molar-refractivity contribution is 0.0965. The highest BCUT2D eigenvalue weighted by molar-refractivity contribution is 7.10. The molecule has 2 aromatic carbocycles. The van der Waals surface area contributed by atoms with Crippen molar-refractivity contribution in [2.45, 2.75) is 13.0 Å². The van der Waals surface area contributed by atoms with E-state index in [1.165, 1.54) is 0 Å². The number of rotatable bonds is 6. The highest BCUT2D eigenvalue weighted by atomic mass is 32.1. The van der Waals surface area contributed by atoms with Crippen LogP contribution in [-0.2, 0) is 0 Å². The smallest absolute Gasteiger partial charge is 0.271 e. The second-order valence-electron chi connectivity index (χ2n) is 7.04. The first-order chi connectivity index (χ1) is 15.0. The van der Waals surface area contributed by atoms with Crippen molar-refractivity contribution in [3.05, 3.63) is 82.3 Å². The molecule has 5 N–H and O–H groups in total. The maximum atomic E-state index is 13.1. The van der Waals surface area contributed by atoms with Gasteiger partial charge in [0.25, 0.3) is 11.5 Å². The lowest BCUT2D eigenvalue weighted by atomic mass is 10.1. The SMILES string of the molecule is CC(CO)N=C(N)c1c(Nc2cccc(C(=O)n3ccc4ccccc43)c2)s[nH]c1=O. The molecule has 2 aromatic heterocycles. The van der Waals surface area contributed by atoms with Gasteiger partial charge in [-0.15, -0.1) is 0 Å². The summed E-state index contributed by atoms with van der Waals surface area (Å²) in [6.07, 6.45) is 1.75. The molecule has 9 heteroatoms. The molecule has 1 atom stereocenters. The number of aliphatic imine (C=N–C) groups is 1. The van der Waals surface area contributed by atoms with E-state index in [1.807, 2.05) is 30.3 Å². The normalized spacial score (nSPS) is 12.8. The summed E-state index contributed by atoms with van der Waals surface area (Å²) in [4.78, 5) is 29.5. The number of hydrogen-bond donors (Lipinski definition) is 4. The van der Waals surface area contributed by atoms with Crippen molar-refractivity contribution < 1.29 is 9.90 Å². The number of aromatic nitrogens is 2. The van der Waals surface area contributed by atoms with Gasteiger partial charge in [-0.2, -0.15) is 0 Å². The van der Waals surface area contributed by atoms with E-state index in [1.54, 1.807) is 42.0 Å². The molecule has 158 valence electrons. The van der Waals surface area contributed by atoms with Gasteiger partial charge in [0.05, 0.1) is 18.2 Å². The van der Waals surface area contributed by atoms with Gasteiger partial charge in [0.2, 0.25) is 0 Å². The Morgan fingerprint density at radius 3 is 2.87 bits per heavy atom. The third-order valence-electron chi connectivity index (χ3n) is 4.77. The third-order valence-corrected chi connectivity index (χ3v) is 5.56. The Hall–Kier alpha value is -3.69. The summed E-state index contributed by atoms with van der Waals surface area (Å²) in [7, 11) is 0. The number of fused-ring (bicyclic) bond motifs is 1. The molecule has 0 aliphatic heterocycles. The minimum Gasteiger partial charge on any atom is -0.394 e. The van der Waals surface area contributed by atoms with Crippen LogP contribution in [0.5, 0.6) is 0 Å². The van der Waals surface area contributed by atoms with Crippen LogP contribution in [0.15, 0.2) is 70.6 Å². The van der Waals surface area contributed by atoms with Gasteiger partial charge in [-0.05, 0) is 48.8 Å². The Kier molecular flexibility index (Phi) is 5.70. The Morgan fingerprint density at radius 2 is 2.06 bits per heavy atom. The topological polar surface area (TPSA) is 126 Å². The summed E-state index contributed by atoms with van der Waals surface area (Å²) < 4.78 is 4.25. The predicted octanol–water partition coefficient (Wildman–Crippen LogP) is 2.91. The molecule has 0 aliphatic carbocycles. The first kappa shape index (κ1) is 20.6. The summed E-state index contributed by atoms with van der Waals surface area (Å²) in [5.41, 5.74) is 7.78. The molecule has 0 fully saturated rings. The summed E-state index contributed by atoms with van der Waals surface area (Å²) >= 11 is 1.09. The number of nitrogens with zero attached hydrogens (tertiary/aromatic N) is 2. The van der Waals surface area contributed by atoms with Crippen molar-refractivity contribution in [2.75, 3.05) is 11.9 Å². The van der Waals surface area contributed by atoms with Gasteiger partial charge in [0, 0.05) is 22.8 Å². The van der Waals surface area contributed by atoms with Crippen LogP contribution < -0.4 is 16.6 Å². The minimum absolute atomic E-state index is 0.0394. The fraction of sp³-hybridized carbons (Fsp3) is 0.136. The van der Waals surface area contributed by atoms with Gasteiger partial charge in [-0.3, -0.25) is 23.5 Å². The number of para-hydroxylation sites is 1. The quantitative estimate of drug-likeness (QED) is 0.274. The zero-order chi connectivity index (χ0) is 22.0. The van der Waals surface area contributed by atoms with E-state index in [0.29, 0.717) is 16.3 Å². The number of aromatic amines is 1. The van der Waals surface area contributed by atoms with Crippen LogP contribution in [0.4, 0.5) is 10.7 Å². The number of hydrogen-bond acceptors (Lipinski definition) is 6. The van der Waals surface area contributed by atoms with Crippen molar-refractivity contribution in [3.8, 4) is 0 Å². The van der Waals surface area contributed by atoms with Crippen molar-refractivity contribution >= 4 is 44.9 Å². The van der Waals surface area contributed by atoms with E-state index in [0.717, 1.165) is 22.4 Å². The molecule has 0 spiro atoms. The minimum atomic E-state index is -0.426. The Balaban J connectivity index is 1.64. The molecular formula is C22H21N5O3S. The van der Waals surface area contributed by atoms with Crippen molar-refractivity contribution in [1.82, 2.24) is 8.94 Å². The van der Waals surface area contributed by atoms with Crippen LogP contribution in [-0.4, -0.2) is 38.4 Å². The number of amidine groups is 1. The van der Waals surface area contributed by atoms with Crippen molar-refractivity contribution in [3.63, 3.8) is 0 Å². The summed E-state index contributed by atoms with van der Waals surface area (Å²) in [6.45, 7) is 1.52. The molecule has 4 rings (SSSR count). The monoisotopic (exact) mass is 435 g/mol. The zero-order valence-electron chi connectivity index (χ0n) is 16.7. The number of anilines is 2. The molecule has 0 saturated carbocycles. The van der Waals surface area contributed by atoms with E-state index in [2.05, 4.69) is 14.7 Å². The van der Waals surface area contributed by atoms with E-state index in [9.17, 15) is 14.7 Å². The summed E-state index contributed by atoms with van der Waals surface area (Å²) in [5, 5.41) is 13.8. The maximum absolute atomic E-state index is 13.1. The predicted molar refractivity (Wildman–Crippen MR) is 124 cm³/mol. The van der Waals surface area contributed by atoms with Gasteiger partial charge in [0.15, 0.2) is 0 Å². The number of carbonyl (C=O) groups excluding carboxylic acids is 1. The Bertz CT molecular complexity index is 1330. The fourth-order valence-corrected chi connectivity index (χ4v) is 3.99. The Labute approximate surface area is 181 Å². The summed E-state index contributed by atoms with van der Waals surface area (Å²) in [5.74, 6) is -0.122. The number of H-pyrrole nitrogens is 1. The number of aliphatic hydroxyl groups is 1. The molecule has 1 unspecified atom stereocenters. The molecular weight excluding hydrogens is 414 g/mol. The highest BCUT2D eigenvalue weighted by Crippen LogP contribution is 2.24. The van der Waals surface area contributed by atoms with Gasteiger partial charge in [0.1, 0.15) is 16.4 Å². The highest BCUT2D eigenvalue weighted by Gasteiger charge is 2.17. The van der Waals surface area contributed by atoms with Crippen LogP contribution in [0, 0.1) is 0 Å². The number of carbonyl (C=O) groups is 1. The molecule has 8 nitrogen and oxygen atoms in total. The van der Waals surface area contributed by atoms with Crippen molar-refractivity contribution in [1.29, 1.82) is 0 Å². The van der Waals surface area contributed by atoms with Gasteiger partial charge in [-0.25, -0.2) is 0 Å². The van der Waals surface area contributed by atoms with Crippen LogP contribution in [0.25, 0.3) is 10.9 Å². The first-order valence-corrected chi connectivity index (χ1v) is 10.4. The number of benzene rings is 2. The number of aliphatic hydroxyl groups excluding tert-OH is 1. The van der Waals surface area contributed by atoms with Crippen LogP contribution in [0.2, 0.25) is 0 Å². The van der Waals surface area contributed by atoms with E-state index in [-0.39, 0.29) is 29.5 Å². The van der Waals surface area contributed by atoms with Crippen LogP contribution in [0.3, 0.4) is 0 Å². The van der Waals surface area contributed by atoms with Gasteiger partial charge < -0.3 is 16.2 Å². The van der Waals surface area contributed by atoms with E-state index in [4.69, 9.17) is 5.73 Å². The second-order valence-corrected chi connectivity index (χ2v) is 7.86. The number of nitrogens with one attached hydrogen (secondary N) is 2. The van der Waals surface area contributed by atoms with Crippen LogP contribution in [0.1, 0.15) is 22.8 Å². The van der Waals surface area contributed by atoms with E-state index < -0.39 is 6.04 Å². The molecule has 0 radical (unpaired) electrons. The average Bonchev–Trinajstić information content (AvgIpc) is 3.36. The zero-order valence-corrected chi connectivity index (χ0v) is 17.5. The first-order valence-electron chi connectivity index (χ1n) is 9.61. The second kappa shape index (κ2) is 8.58. The molecule has 0 aliphatic rings. The van der Waals surface area contributed by atoms with Crippen LogP contribution >= 0.6 is 11.5 Å². The average molecular weight is 436 g/mol. The molecule has 0 bridgehead atoms. The fourth-order valence-electron chi connectivity index (χ4n) is 3.23. The lowest BCUT2D eigenvalue weighted by Gasteiger charge is -2.09. The Morgan fingerprint density at radius 1 is 1.26 bits per heavy atom. The molecule has 31 heavy (non-hydrogen) atoms.